The molecule has 0 spiro atoms. The Morgan fingerprint density at radius 1 is 0.571 bits per heavy atom. The maximum atomic E-state index is 7.26. The SMILES string of the molecule is CC12OC(c3ccccc3)(c3ccccc3)C1C1OC(c3ccccc3)(c3ccccc3)C1(C)[Se]2. The van der Waals surface area contributed by atoms with Crippen LogP contribution in [0.25, 0.3) is 0 Å². The van der Waals surface area contributed by atoms with Gasteiger partial charge in [-0.15, -0.1) is 0 Å². The number of hydrogen-bond donors (Lipinski definition) is 0. The van der Waals surface area contributed by atoms with E-state index in [0.29, 0.717) is 0 Å². The summed E-state index contributed by atoms with van der Waals surface area (Å²) in [6.45, 7) is 4.78. The summed E-state index contributed by atoms with van der Waals surface area (Å²) in [5.41, 5.74) is 3.94. The Hall–Kier alpha value is -2.68. The fourth-order valence-corrected chi connectivity index (χ4v) is 11.6. The fourth-order valence-electron chi connectivity index (χ4n) is 7.07. The van der Waals surface area contributed by atoms with Crippen LogP contribution in [0.4, 0.5) is 0 Å². The number of ether oxygens (including phenoxy) is 2. The van der Waals surface area contributed by atoms with Crippen LogP contribution in [0.15, 0.2) is 121 Å². The normalized spacial score (nSPS) is 31.5. The Balaban J connectivity index is 1.41. The second-order valence-corrected chi connectivity index (χ2v) is 14.1. The summed E-state index contributed by atoms with van der Waals surface area (Å²) < 4.78 is 14.2. The molecule has 7 rings (SSSR count). The van der Waals surface area contributed by atoms with Crippen LogP contribution in [0.1, 0.15) is 36.1 Å². The van der Waals surface area contributed by atoms with Crippen molar-refractivity contribution in [2.75, 3.05) is 0 Å². The molecule has 4 unspecified atom stereocenters. The third kappa shape index (κ3) is 2.62. The molecule has 0 N–H and O–H groups in total. The first kappa shape index (κ1) is 21.6. The summed E-state index contributed by atoms with van der Waals surface area (Å²) in [6, 6.07) is 43.2. The van der Waals surface area contributed by atoms with E-state index in [9.17, 15) is 0 Å². The van der Waals surface area contributed by atoms with E-state index in [4.69, 9.17) is 9.47 Å². The Labute approximate surface area is 213 Å². The van der Waals surface area contributed by atoms with Crippen LogP contribution in [0.5, 0.6) is 0 Å². The number of hydrogen-bond acceptors (Lipinski definition) is 2. The molecule has 4 aromatic carbocycles. The molecular formula is C32H28O2Se. The van der Waals surface area contributed by atoms with Crippen LogP contribution in [0.3, 0.4) is 0 Å². The van der Waals surface area contributed by atoms with Crippen LogP contribution in [0, 0.1) is 5.92 Å². The first-order valence-corrected chi connectivity index (χ1v) is 14.1. The Morgan fingerprint density at radius 3 is 1.40 bits per heavy atom. The molecule has 0 amide bonds. The van der Waals surface area contributed by atoms with Gasteiger partial charge < -0.3 is 0 Å². The van der Waals surface area contributed by atoms with E-state index >= 15 is 0 Å². The van der Waals surface area contributed by atoms with Gasteiger partial charge in [0.15, 0.2) is 0 Å². The van der Waals surface area contributed by atoms with E-state index in [0.717, 1.165) is 0 Å². The molecule has 174 valence electrons. The standard InChI is InChI=1S/C32H28O2Se/c1-29-28(33-32(29,25-19-11-5-12-20-25)26-21-13-6-14-22-26)27-30(2,35-29)34-31(27,23-15-7-3-8-16-23)24-17-9-4-10-18-24/h3-22,27-28H,1-2H3. The minimum atomic E-state index is -0.499. The third-order valence-corrected chi connectivity index (χ3v) is 11.9. The first-order chi connectivity index (χ1) is 17.0. The molecule has 0 aliphatic carbocycles. The van der Waals surface area contributed by atoms with Crippen molar-refractivity contribution in [3.05, 3.63) is 144 Å². The molecule has 4 atom stereocenters. The van der Waals surface area contributed by atoms with Crippen LogP contribution in [-0.2, 0) is 20.7 Å². The van der Waals surface area contributed by atoms with E-state index in [1.807, 2.05) is 0 Å². The molecule has 3 fully saturated rings. The summed E-state index contributed by atoms with van der Waals surface area (Å²) in [5.74, 6) is 0.241. The monoisotopic (exact) mass is 524 g/mol. The van der Waals surface area contributed by atoms with Gasteiger partial charge in [0.05, 0.1) is 0 Å². The van der Waals surface area contributed by atoms with Crippen LogP contribution in [0.2, 0.25) is 4.31 Å². The topological polar surface area (TPSA) is 18.5 Å². The Bertz CT molecular complexity index is 1280. The summed E-state index contributed by atoms with van der Waals surface area (Å²) in [6.07, 6.45) is 0.0991. The van der Waals surface area contributed by atoms with Gasteiger partial charge in [-0.2, -0.15) is 0 Å². The molecule has 0 aromatic heterocycles. The van der Waals surface area contributed by atoms with Crippen LogP contribution >= 0.6 is 0 Å². The van der Waals surface area contributed by atoms with Crippen LogP contribution < -0.4 is 0 Å². The molecular weight excluding hydrogens is 495 g/mol. The van der Waals surface area contributed by atoms with Gasteiger partial charge in [-0.3, -0.25) is 0 Å². The van der Waals surface area contributed by atoms with E-state index in [1.165, 1.54) is 22.3 Å². The molecule has 0 radical (unpaired) electrons. The zero-order chi connectivity index (χ0) is 23.7. The minimum absolute atomic E-state index is 0.0482. The second-order valence-electron chi connectivity index (χ2n) is 10.2. The van der Waals surface area contributed by atoms with Crippen molar-refractivity contribution in [2.24, 2.45) is 5.92 Å². The van der Waals surface area contributed by atoms with Gasteiger partial charge >= 0.3 is 214 Å². The molecule has 3 heterocycles. The van der Waals surface area contributed by atoms with Crippen LogP contribution in [-0.4, -0.2) is 25.6 Å². The van der Waals surface area contributed by atoms with Crippen molar-refractivity contribution in [2.45, 2.75) is 40.0 Å². The summed E-state index contributed by atoms with van der Waals surface area (Å²) in [5, 5.41) is 0. The summed E-state index contributed by atoms with van der Waals surface area (Å²) in [7, 11) is 0. The average molecular weight is 524 g/mol. The molecule has 3 saturated heterocycles. The van der Waals surface area contributed by atoms with E-state index in [1.54, 1.807) is 0 Å². The van der Waals surface area contributed by atoms with Crippen molar-refractivity contribution in [1.82, 2.24) is 0 Å². The van der Waals surface area contributed by atoms with Gasteiger partial charge in [0.2, 0.25) is 0 Å². The predicted molar refractivity (Wildman–Crippen MR) is 139 cm³/mol. The van der Waals surface area contributed by atoms with E-state index in [2.05, 4.69) is 135 Å². The molecule has 2 nitrogen and oxygen atoms in total. The van der Waals surface area contributed by atoms with Gasteiger partial charge in [-0.1, -0.05) is 0 Å². The van der Waals surface area contributed by atoms with Gasteiger partial charge in [-0.25, -0.2) is 0 Å². The molecule has 0 bridgehead atoms. The van der Waals surface area contributed by atoms with Crippen molar-refractivity contribution in [3.8, 4) is 0 Å². The molecule has 35 heavy (non-hydrogen) atoms. The molecule has 3 aliphatic rings. The van der Waals surface area contributed by atoms with Gasteiger partial charge in [0.1, 0.15) is 0 Å². The quantitative estimate of drug-likeness (QED) is 0.283. The third-order valence-electron chi connectivity index (χ3n) is 8.40. The Morgan fingerprint density at radius 2 is 0.971 bits per heavy atom. The first-order valence-electron chi connectivity index (χ1n) is 12.3. The second kappa shape index (κ2) is 7.41. The molecule has 3 aliphatic heterocycles. The van der Waals surface area contributed by atoms with Gasteiger partial charge in [-0.05, 0) is 0 Å². The zero-order valence-corrected chi connectivity index (χ0v) is 21.6. The van der Waals surface area contributed by atoms with Crippen molar-refractivity contribution >= 4 is 15.0 Å². The number of benzene rings is 4. The summed E-state index contributed by atoms with van der Waals surface area (Å²) >= 11 is 0.187. The van der Waals surface area contributed by atoms with Gasteiger partial charge in [0.25, 0.3) is 0 Å². The zero-order valence-electron chi connectivity index (χ0n) is 19.9. The maximum absolute atomic E-state index is 7.26. The molecule has 0 saturated carbocycles. The number of rotatable bonds is 4. The predicted octanol–water partition coefficient (Wildman–Crippen LogP) is 6.53. The molecule has 4 aromatic rings. The van der Waals surface area contributed by atoms with E-state index in [-0.39, 0.29) is 35.8 Å². The summed E-state index contributed by atoms with van der Waals surface area (Å²) in [4.78, 5) is 0. The van der Waals surface area contributed by atoms with Crippen molar-refractivity contribution in [3.63, 3.8) is 0 Å². The average Bonchev–Trinajstić information content (AvgIpc) is 3.04. The van der Waals surface area contributed by atoms with Gasteiger partial charge in [0, 0.05) is 0 Å². The van der Waals surface area contributed by atoms with Crippen molar-refractivity contribution in [1.29, 1.82) is 0 Å². The fraction of sp³-hybridized carbons (Fsp3) is 0.250. The van der Waals surface area contributed by atoms with E-state index < -0.39 is 11.2 Å². The number of fused-ring (bicyclic) bond motifs is 3. The van der Waals surface area contributed by atoms with Crippen molar-refractivity contribution < 1.29 is 9.47 Å². The Kier molecular flexibility index (Phi) is 4.57. The molecule has 3 heteroatoms.